The first kappa shape index (κ1) is 22.9. The molecule has 10 nitrogen and oxygen atoms in total. The molecule has 0 aliphatic carbocycles. The Morgan fingerprint density at radius 1 is 1.19 bits per heavy atom. The summed E-state index contributed by atoms with van der Waals surface area (Å²) >= 11 is 5.08. The monoisotopic (exact) mass is 458 g/mol. The van der Waals surface area contributed by atoms with Gasteiger partial charge < -0.3 is 20.4 Å². The molecule has 0 aromatic heterocycles. The van der Waals surface area contributed by atoms with E-state index in [1.165, 1.54) is 24.3 Å². The van der Waals surface area contributed by atoms with Crippen LogP contribution in [0.2, 0.25) is 0 Å². The number of nitrogens with one attached hydrogen (secondary N) is 2. The molecule has 3 rings (SSSR count). The molecule has 1 saturated heterocycles. The number of carbonyl (C=O) groups excluding carboxylic acids is 1. The third kappa shape index (κ3) is 5.30. The average molecular weight is 458 g/mol. The Balaban J connectivity index is 1.71. The van der Waals surface area contributed by atoms with Gasteiger partial charge in [0.2, 0.25) is 0 Å². The molecule has 0 bridgehead atoms. The highest BCUT2D eigenvalue weighted by Gasteiger charge is 2.25. The highest BCUT2D eigenvalue weighted by atomic mass is 32.1. The zero-order chi connectivity index (χ0) is 23.4. The maximum Gasteiger partial charge on any atom is 0.339 e. The van der Waals surface area contributed by atoms with Crippen LogP contribution in [0.1, 0.15) is 40.5 Å². The third-order valence-electron chi connectivity index (χ3n) is 5.27. The zero-order valence-corrected chi connectivity index (χ0v) is 18.0. The van der Waals surface area contributed by atoms with Crippen LogP contribution >= 0.6 is 12.2 Å². The number of benzene rings is 2. The van der Waals surface area contributed by atoms with Gasteiger partial charge in [-0.2, -0.15) is 0 Å². The number of hydrogen-bond acceptors (Lipinski definition) is 7. The number of nitro benzene ring substituents is 1. The molecule has 0 atom stereocenters. The maximum absolute atomic E-state index is 12.6. The van der Waals surface area contributed by atoms with Crippen LogP contribution in [0, 0.1) is 16.0 Å². The van der Waals surface area contributed by atoms with E-state index >= 15 is 0 Å². The van der Waals surface area contributed by atoms with Crippen LogP contribution in [0.25, 0.3) is 0 Å². The van der Waals surface area contributed by atoms with Gasteiger partial charge in [0.25, 0.3) is 11.6 Å². The number of carboxylic acids is 1. The molecule has 11 heteroatoms. The molecule has 4 N–H and O–H groups in total. The molecule has 0 radical (unpaired) electrons. The van der Waals surface area contributed by atoms with Gasteiger partial charge in [-0.15, -0.1) is 0 Å². The van der Waals surface area contributed by atoms with Gasteiger partial charge in [-0.05, 0) is 55.2 Å². The van der Waals surface area contributed by atoms with Crippen LogP contribution in [0.3, 0.4) is 0 Å². The van der Waals surface area contributed by atoms with Gasteiger partial charge in [0.1, 0.15) is 17.0 Å². The number of nitro groups is 1. The molecule has 0 unspecified atom stereocenters. The standard InChI is InChI=1S/C21H22N4O6S/c1-12-6-8-24(9-7-12)16-5-2-13(10-17(16)25(30)31)19(27)23-21(32)22-14-3-4-15(20(28)29)18(26)11-14/h2-5,10-12,26H,6-9H2,1H3,(H,28,29)(H2,22,23,27,32). The first-order chi connectivity index (χ1) is 15.2. The summed E-state index contributed by atoms with van der Waals surface area (Å²) in [6, 6.07) is 8.02. The summed E-state index contributed by atoms with van der Waals surface area (Å²) in [4.78, 5) is 36.6. The summed E-state index contributed by atoms with van der Waals surface area (Å²) in [5.41, 5.74) is 0.381. The van der Waals surface area contributed by atoms with Crippen molar-refractivity contribution in [2.45, 2.75) is 19.8 Å². The number of amides is 1. The molecule has 168 valence electrons. The van der Waals surface area contributed by atoms with Gasteiger partial charge in [0, 0.05) is 36.5 Å². The molecular formula is C21H22N4O6S. The van der Waals surface area contributed by atoms with Crippen molar-refractivity contribution in [1.82, 2.24) is 5.32 Å². The van der Waals surface area contributed by atoms with Gasteiger partial charge in [0.05, 0.1) is 4.92 Å². The Morgan fingerprint density at radius 2 is 1.88 bits per heavy atom. The number of aromatic carboxylic acids is 1. The fourth-order valence-electron chi connectivity index (χ4n) is 3.46. The zero-order valence-electron chi connectivity index (χ0n) is 17.2. The second kappa shape index (κ2) is 9.60. The number of rotatable bonds is 5. The smallest absolute Gasteiger partial charge is 0.339 e. The summed E-state index contributed by atoms with van der Waals surface area (Å²) in [5, 5.41) is 35.3. The van der Waals surface area contributed by atoms with E-state index in [1.807, 2.05) is 4.90 Å². The number of anilines is 2. The Hall–Kier alpha value is -3.73. The fourth-order valence-corrected chi connectivity index (χ4v) is 3.67. The van der Waals surface area contributed by atoms with Crippen LogP contribution in [-0.2, 0) is 0 Å². The molecule has 1 aliphatic rings. The lowest BCUT2D eigenvalue weighted by atomic mass is 9.98. The van der Waals surface area contributed by atoms with Crippen LogP contribution < -0.4 is 15.5 Å². The molecule has 1 amide bonds. The van der Waals surface area contributed by atoms with Crippen LogP contribution in [0.4, 0.5) is 17.1 Å². The normalized spacial score (nSPS) is 14.0. The number of hydrogen-bond donors (Lipinski definition) is 4. The topological polar surface area (TPSA) is 145 Å². The largest absolute Gasteiger partial charge is 0.507 e. The fraction of sp³-hybridized carbons (Fsp3) is 0.286. The molecule has 1 aliphatic heterocycles. The number of phenols is 1. The van der Waals surface area contributed by atoms with Gasteiger partial charge in [0.15, 0.2) is 5.11 Å². The van der Waals surface area contributed by atoms with Crippen molar-refractivity contribution in [3.05, 3.63) is 57.6 Å². The average Bonchev–Trinajstić information content (AvgIpc) is 2.73. The van der Waals surface area contributed by atoms with E-state index in [-0.39, 0.29) is 27.6 Å². The molecule has 2 aromatic carbocycles. The van der Waals surface area contributed by atoms with Crippen molar-refractivity contribution in [3.8, 4) is 5.75 Å². The van der Waals surface area contributed by atoms with Crippen molar-refractivity contribution in [2.75, 3.05) is 23.3 Å². The second-order valence-electron chi connectivity index (χ2n) is 7.58. The lowest BCUT2D eigenvalue weighted by Crippen LogP contribution is -2.35. The summed E-state index contributed by atoms with van der Waals surface area (Å²) in [6.45, 7) is 3.59. The van der Waals surface area contributed by atoms with Crippen molar-refractivity contribution >= 4 is 46.3 Å². The summed E-state index contributed by atoms with van der Waals surface area (Å²) in [5.74, 6) is -1.81. The van der Waals surface area contributed by atoms with Gasteiger partial charge in [-0.1, -0.05) is 6.92 Å². The van der Waals surface area contributed by atoms with Gasteiger partial charge in [-0.25, -0.2) is 4.79 Å². The minimum absolute atomic E-state index is 0.0686. The summed E-state index contributed by atoms with van der Waals surface area (Å²) < 4.78 is 0. The number of aromatic hydroxyl groups is 1. The number of carbonyl (C=O) groups is 2. The number of carboxylic acid groups (broad SMARTS) is 1. The lowest BCUT2D eigenvalue weighted by Gasteiger charge is -2.31. The molecule has 2 aromatic rings. The van der Waals surface area contributed by atoms with E-state index in [9.17, 15) is 24.8 Å². The molecular weight excluding hydrogens is 436 g/mol. The summed E-state index contributed by atoms with van der Waals surface area (Å²) in [7, 11) is 0. The van der Waals surface area contributed by atoms with E-state index in [2.05, 4.69) is 17.6 Å². The van der Waals surface area contributed by atoms with E-state index in [0.29, 0.717) is 11.6 Å². The first-order valence-electron chi connectivity index (χ1n) is 9.87. The van der Waals surface area contributed by atoms with E-state index in [4.69, 9.17) is 17.3 Å². The minimum Gasteiger partial charge on any atom is -0.507 e. The van der Waals surface area contributed by atoms with Crippen LogP contribution in [-0.4, -0.2) is 45.2 Å². The van der Waals surface area contributed by atoms with Crippen molar-refractivity contribution in [3.63, 3.8) is 0 Å². The first-order valence-corrected chi connectivity index (χ1v) is 10.3. The number of nitrogens with zero attached hydrogens (tertiary/aromatic N) is 2. The SMILES string of the molecule is CC1CCN(c2ccc(C(=O)NC(=S)Nc3ccc(C(=O)O)c(O)c3)cc2[N+](=O)[O-])CC1. The van der Waals surface area contributed by atoms with Crippen LogP contribution in [0.15, 0.2) is 36.4 Å². The van der Waals surface area contributed by atoms with Gasteiger partial charge >= 0.3 is 5.97 Å². The third-order valence-corrected chi connectivity index (χ3v) is 5.48. The molecule has 1 fully saturated rings. The molecule has 0 spiro atoms. The van der Waals surface area contributed by atoms with Crippen molar-refractivity contribution < 1.29 is 24.7 Å². The lowest BCUT2D eigenvalue weighted by molar-refractivity contribution is -0.384. The highest BCUT2D eigenvalue weighted by Crippen LogP contribution is 2.32. The Kier molecular flexibility index (Phi) is 6.89. The number of thiocarbonyl (C=S) groups is 1. The van der Waals surface area contributed by atoms with E-state index in [1.54, 1.807) is 6.07 Å². The Labute approximate surface area is 189 Å². The Bertz CT molecular complexity index is 1080. The van der Waals surface area contributed by atoms with Crippen LogP contribution in [0.5, 0.6) is 5.75 Å². The quantitative estimate of drug-likeness (QED) is 0.301. The minimum atomic E-state index is -1.28. The second-order valence-corrected chi connectivity index (χ2v) is 7.98. The van der Waals surface area contributed by atoms with Gasteiger partial charge in [-0.3, -0.25) is 20.2 Å². The van der Waals surface area contributed by atoms with E-state index in [0.717, 1.165) is 32.0 Å². The maximum atomic E-state index is 12.6. The predicted octanol–water partition coefficient (Wildman–Crippen LogP) is 3.36. The number of piperidine rings is 1. The Morgan fingerprint density at radius 3 is 2.47 bits per heavy atom. The summed E-state index contributed by atoms with van der Waals surface area (Å²) in [6.07, 6.45) is 1.89. The molecule has 32 heavy (non-hydrogen) atoms. The highest BCUT2D eigenvalue weighted by molar-refractivity contribution is 7.80. The van der Waals surface area contributed by atoms with Crippen molar-refractivity contribution in [1.29, 1.82) is 0 Å². The van der Waals surface area contributed by atoms with E-state index < -0.39 is 22.5 Å². The predicted molar refractivity (Wildman–Crippen MR) is 122 cm³/mol. The van der Waals surface area contributed by atoms with Crippen molar-refractivity contribution in [2.24, 2.45) is 5.92 Å². The molecule has 0 saturated carbocycles. The molecule has 1 heterocycles.